The molecule has 2 aliphatic rings. The number of hydrogen-bond donors (Lipinski definition) is 0. The van der Waals surface area contributed by atoms with Gasteiger partial charge in [-0.25, -0.2) is 0 Å². The summed E-state index contributed by atoms with van der Waals surface area (Å²) in [6.45, 7) is 10.4. The summed E-state index contributed by atoms with van der Waals surface area (Å²) in [7, 11) is 0.704. The first-order chi connectivity index (χ1) is 24.6. The molecule has 7 nitrogen and oxygen atoms in total. The van der Waals surface area contributed by atoms with Crippen LogP contribution in [0.2, 0.25) is 5.04 Å². The Morgan fingerprint density at radius 1 is 0.824 bits per heavy atom. The predicted molar refractivity (Wildman–Crippen MR) is 205 cm³/mol. The van der Waals surface area contributed by atoms with Crippen LogP contribution in [0.15, 0.2) is 84.9 Å². The lowest BCUT2D eigenvalue weighted by molar-refractivity contribution is -0.132. The lowest BCUT2D eigenvalue weighted by atomic mass is 9.87. The van der Waals surface area contributed by atoms with Gasteiger partial charge >= 0.3 is 0 Å². The van der Waals surface area contributed by atoms with Crippen molar-refractivity contribution in [2.75, 3.05) is 20.8 Å². The summed E-state index contributed by atoms with van der Waals surface area (Å²) in [5.41, 5.74) is 1.11. The van der Waals surface area contributed by atoms with Crippen LogP contribution in [-0.2, 0) is 34.8 Å². The lowest BCUT2D eigenvalue weighted by Gasteiger charge is -2.47. The fourth-order valence-electron chi connectivity index (χ4n) is 8.06. The van der Waals surface area contributed by atoms with Crippen molar-refractivity contribution in [2.24, 2.45) is 5.92 Å². The van der Waals surface area contributed by atoms with Gasteiger partial charge in [0.1, 0.15) is 12.0 Å². The van der Waals surface area contributed by atoms with Crippen LogP contribution in [0.1, 0.15) is 84.6 Å². The van der Waals surface area contributed by atoms with Gasteiger partial charge in [-0.1, -0.05) is 100 Å². The highest BCUT2D eigenvalue weighted by molar-refractivity contribution is 6.99. The van der Waals surface area contributed by atoms with Crippen molar-refractivity contribution in [3.63, 3.8) is 0 Å². The average Bonchev–Trinajstić information content (AvgIpc) is 3.14. The van der Waals surface area contributed by atoms with E-state index in [4.69, 9.17) is 28.1 Å². The Balaban J connectivity index is 1.36. The number of carbonyl (C=O) groups is 1. The van der Waals surface area contributed by atoms with E-state index in [9.17, 15) is 4.79 Å². The molecule has 278 valence electrons. The van der Waals surface area contributed by atoms with Gasteiger partial charge in [0.25, 0.3) is 8.32 Å². The maximum Gasteiger partial charge on any atom is 0.261 e. The highest BCUT2D eigenvalue weighted by Gasteiger charge is 2.52. The molecule has 2 fully saturated rings. The molecule has 51 heavy (non-hydrogen) atoms. The first-order valence-electron chi connectivity index (χ1n) is 18.9. The number of methoxy groups -OCH3 is 2. The average molecular weight is 717 g/mol. The maximum atomic E-state index is 11.3. The molecule has 5 rings (SSSR count). The molecule has 3 aromatic carbocycles. The van der Waals surface area contributed by atoms with Gasteiger partial charge in [-0.2, -0.15) is 0 Å². The maximum absolute atomic E-state index is 11.3. The van der Waals surface area contributed by atoms with Crippen molar-refractivity contribution in [3.05, 3.63) is 90.5 Å². The van der Waals surface area contributed by atoms with Crippen LogP contribution in [0.5, 0.6) is 5.75 Å². The van der Waals surface area contributed by atoms with Crippen molar-refractivity contribution in [1.29, 1.82) is 0 Å². The monoisotopic (exact) mass is 716 g/mol. The Labute approximate surface area is 307 Å². The Morgan fingerprint density at radius 2 is 1.47 bits per heavy atom. The molecule has 0 unspecified atom stereocenters. The molecule has 0 N–H and O–H groups in total. The summed E-state index contributed by atoms with van der Waals surface area (Å²) in [5, 5.41) is 2.45. The zero-order valence-corrected chi connectivity index (χ0v) is 32.6. The topological polar surface area (TPSA) is 72.5 Å². The molecular weight excluding hydrogens is 657 g/mol. The van der Waals surface area contributed by atoms with Gasteiger partial charge in [0, 0.05) is 26.6 Å². The third-order valence-electron chi connectivity index (χ3n) is 10.9. The summed E-state index contributed by atoms with van der Waals surface area (Å²) >= 11 is 0. The number of carbonyl (C=O) groups excluding carboxylic acids is 1. The molecular formula is C43H60O7Si. The number of rotatable bonds is 17. The molecule has 0 saturated carbocycles. The highest BCUT2D eigenvalue weighted by atomic mass is 28.4. The van der Waals surface area contributed by atoms with Crippen LogP contribution in [0.25, 0.3) is 0 Å². The van der Waals surface area contributed by atoms with E-state index in [1.165, 1.54) is 10.4 Å². The van der Waals surface area contributed by atoms with Gasteiger partial charge < -0.3 is 32.9 Å². The zero-order chi connectivity index (χ0) is 36.3. The molecule has 7 atom stereocenters. The van der Waals surface area contributed by atoms with Crippen molar-refractivity contribution in [3.8, 4) is 5.75 Å². The van der Waals surface area contributed by atoms with E-state index >= 15 is 0 Å². The van der Waals surface area contributed by atoms with E-state index in [1.807, 2.05) is 24.3 Å². The lowest BCUT2D eigenvalue weighted by Crippen LogP contribution is -2.68. The predicted octanol–water partition coefficient (Wildman–Crippen LogP) is 7.66. The fourth-order valence-corrected chi connectivity index (χ4v) is 12.8. The SMILES string of the molecule is COc1ccc(COCC[C@H]2C[C@H](O[Si](c3ccccc3)(c3ccccc3)C(C)(C)C)C[C@@H](C[C@@H](C[C@H]3O[C@H](CC=O)CC[C@@H]3C)OC)O2)cc1. The third-order valence-corrected chi connectivity index (χ3v) is 16.0. The summed E-state index contributed by atoms with van der Waals surface area (Å²) in [6, 6.07) is 29.8. The van der Waals surface area contributed by atoms with Gasteiger partial charge in [-0.05, 0) is 77.6 Å². The molecule has 3 aromatic rings. The normalized spacial score (nSPS) is 24.9. The molecule has 0 spiro atoms. The van der Waals surface area contributed by atoms with Crippen LogP contribution < -0.4 is 15.1 Å². The van der Waals surface area contributed by atoms with Crippen molar-refractivity contribution in [1.82, 2.24) is 0 Å². The van der Waals surface area contributed by atoms with Crippen molar-refractivity contribution >= 4 is 25.0 Å². The second-order valence-electron chi connectivity index (χ2n) is 15.5. The number of ether oxygens (including phenoxy) is 5. The van der Waals surface area contributed by atoms with Crippen LogP contribution in [0.3, 0.4) is 0 Å². The van der Waals surface area contributed by atoms with Crippen molar-refractivity contribution in [2.45, 2.75) is 127 Å². The minimum absolute atomic E-state index is 0.000902. The quantitative estimate of drug-likeness (QED) is 0.0807. The van der Waals surface area contributed by atoms with Gasteiger partial charge in [0.15, 0.2) is 0 Å². The molecule has 0 amide bonds. The molecule has 2 heterocycles. The van der Waals surface area contributed by atoms with E-state index < -0.39 is 8.32 Å². The van der Waals surface area contributed by atoms with E-state index in [0.29, 0.717) is 25.6 Å². The van der Waals surface area contributed by atoms with Crippen LogP contribution in [-0.4, -0.2) is 72.1 Å². The molecule has 8 heteroatoms. The Kier molecular flexibility index (Phi) is 14.5. The zero-order valence-electron chi connectivity index (χ0n) is 31.6. The third kappa shape index (κ3) is 10.4. The van der Waals surface area contributed by atoms with E-state index in [-0.39, 0.29) is 41.7 Å². The fraction of sp³-hybridized carbons (Fsp3) is 0.558. The smallest absolute Gasteiger partial charge is 0.261 e. The molecule has 0 radical (unpaired) electrons. The van der Waals surface area contributed by atoms with E-state index in [0.717, 1.165) is 62.5 Å². The molecule has 2 saturated heterocycles. The number of benzene rings is 3. The first-order valence-corrected chi connectivity index (χ1v) is 20.8. The van der Waals surface area contributed by atoms with Crippen molar-refractivity contribution < 1.29 is 32.9 Å². The minimum Gasteiger partial charge on any atom is -0.497 e. The van der Waals surface area contributed by atoms with Gasteiger partial charge in [0.05, 0.1) is 50.3 Å². The Morgan fingerprint density at radius 3 is 2.06 bits per heavy atom. The van der Waals surface area contributed by atoms with Gasteiger partial charge in [0.2, 0.25) is 0 Å². The Bertz CT molecular complexity index is 1410. The largest absolute Gasteiger partial charge is 0.497 e. The van der Waals surface area contributed by atoms with E-state index in [1.54, 1.807) is 14.2 Å². The second-order valence-corrected chi connectivity index (χ2v) is 19.8. The second kappa shape index (κ2) is 18.8. The van der Waals surface area contributed by atoms with Gasteiger partial charge in [-0.15, -0.1) is 0 Å². The Hall–Kier alpha value is -2.85. The summed E-state index contributed by atoms with van der Waals surface area (Å²) in [6.07, 6.45) is 7.32. The minimum atomic E-state index is -2.77. The van der Waals surface area contributed by atoms with Gasteiger partial charge in [-0.3, -0.25) is 0 Å². The highest BCUT2D eigenvalue weighted by Crippen LogP contribution is 2.40. The molecule has 0 bridgehead atoms. The molecule has 0 aromatic heterocycles. The summed E-state index contributed by atoms with van der Waals surface area (Å²) in [5.74, 6) is 1.26. The number of hydrogen-bond acceptors (Lipinski definition) is 7. The molecule has 2 aliphatic heterocycles. The summed E-state index contributed by atoms with van der Waals surface area (Å²) in [4.78, 5) is 11.3. The standard InChI is InChI=1S/C43H60O7Si/c1-32-17-20-35(23-25-44)49-42(32)30-37(46-6)28-38-29-39(27-36(48-38)24-26-47-31-33-18-21-34(45-5)22-19-33)50-51(43(2,3)4,40-13-9-7-10-14-40)41-15-11-8-12-16-41/h7-16,18-19,21-22,25,32,35-39,42H,17,20,23-24,26-31H2,1-6H3/t32-,35-,36-,37-,38+,39-,42+/m0/s1. The molecule has 0 aliphatic carbocycles. The van der Waals surface area contributed by atoms with E-state index in [2.05, 4.69) is 88.4 Å². The number of aldehydes is 1. The van der Waals surface area contributed by atoms with Crippen LogP contribution >= 0.6 is 0 Å². The van der Waals surface area contributed by atoms with Crippen LogP contribution in [0.4, 0.5) is 0 Å². The summed E-state index contributed by atoms with van der Waals surface area (Å²) < 4.78 is 38.6. The first kappa shape index (κ1) is 39.4. The van der Waals surface area contributed by atoms with Crippen LogP contribution in [0, 0.1) is 5.92 Å².